The van der Waals surface area contributed by atoms with E-state index in [9.17, 15) is 0 Å². The summed E-state index contributed by atoms with van der Waals surface area (Å²) in [6, 6.07) is 14.0. The summed E-state index contributed by atoms with van der Waals surface area (Å²) in [5.74, 6) is 1.58. The summed E-state index contributed by atoms with van der Waals surface area (Å²) in [5, 5.41) is 11.9. The highest BCUT2D eigenvalue weighted by molar-refractivity contribution is 14.0. The molecule has 0 aliphatic rings. The van der Waals surface area contributed by atoms with Crippen molar-refractivity contribution >= 4 is 41.5 Å². The molecule has 8 heteroatoms. The molecule has 154 valence electrons. The molecule has 2 N–H and O–H groups in total. The number of aliphatic imine (C=N–C) groups is 1. The van der Waals surface area contributed by atoms with E-state index in [4.69, 9.17) is 11.6 Å². The molecule has 2 heterocycles. The molecular formula is C21H26ClIN6. The van der Waals surface area contributed by atoms with Gasteiger partial charge >= 0.3 is 0 Å². The van der Waals surface area contributed by atoms with Crippen molar-refractivity contribution in [2.45, 2.75) is 26.8 Å². The molecule has 29 heavy (non-hydrogen) atoms. The number of guanidine groups is 1. The maximum Gasteiger partial charge on any atom is 0.191 e. The van der Waals surface area contributed by atoms with E-state index in [1.807, 2.05) is 67.2 Å². The van der Waals surface area contributed by atoms with Gasteiger partial charge in [-0.1, -0.05) is 29.8 Å². The van der Waals surface area contributed by atoms with Crippen LogP contribution in [0.1, 0.15) is 22.5 Å². The first kappa shape index (κ1) is 23.2. The van der Waals surface area contributed by atoms with Gasteiger partial charge in [-0.2, -0.15) is 5.10 Å². The quantitative estimate of drug-likeness (QED) is 0.290. The number of hydrogen-bond acceptors (Lipinski definition) is 3. The zero-order valence-electron chi connectivity index (χ0n) is 16.8. The molecule has 3 aromatic rings. The van der Waals surface area contributed by atoms with Crippen molar-refractivity contribution in [3.8, 4) is 5.82 Å². The molecule has 0 fully saturated rings. The SMILES string of the molecule is CN=C(NCCc1ccc(Cl)cc1)NCc1ccc(-n2nc(C)cc2C)nc1.I. The fraction of sp³-hybridized carbons (Fsp3) is 0.286. The van der Waals surface area contributed by atoms with Gasteiger partial charge in [0, 0.05) is 37.1 Å². The maximum atomic E-state index is 5.92. The second kappa shape index (κ2) is 11.2. The zero-order valence-corrected chi connectivity index (χ0v) is 19.9. The van der Waals surface area contributed by atoms with Gasteiger partial charge in [-0.3, -0.25) is 4.99 Å². The molecule has 0 unspecified atom stereocenters. The summed E-state index contributed by atoms with van der Waals surface area (Å²) in [7, 11) is 1.77. The van der Waals surface area contributed by atoms with Gasteiger partial charge in [0.05, 0.1) is 5.69 Å². The molecule has 0 amide bonds. The Hall–Kier alpha value is -2.13. The summed E-state index contributed by atoms with van der Waals surface area (Å²) in [6.45, 7) is 5.44. The number of aryl methyl sites for hydroxylation is 2. The van der Waals surface area contributed by atoms with Crippen LogP contribution in [0.15, 0.2) is 53.7 Å². The monoisotopic (exact) mass is 524 g/mol. The minimum Gasteiger partial charge on any atom is -0.356 e. The average Bonchev–Trinajstić information content (AvgIpc) is 3.04. The van der Waals surface area contributed by atoms with Crippen molar-refractivity contribution in [2.75, 3.05) is 13.6 Å². The number of benzene rings is 1. The Labute approximate surface area is 193 Å². The molecule has 0 atom stereocenters. The van der Waals surface area contributed by atoms with E-state index in [2.05, 4.69) is 25.7 Å². The van der Waals surface area contributed by atoms with Gasteiger partial charge in [0.1, 0.15) is 0 Å². The topological polar surface area (TPSA) is 67.1 Å². The number of aromatic nitrogens is 3. The van der Waals surface area contributed by atoms with Crippen LogP contribution in [0.4, 0.5) is 0 Å². The Morgan fingerprint density at radius 2 is 1.79 bits per heavy atom. The van der Waals surface area contributed by atoms with E-state index in [1.165, 1.54) is 5.56 Å². The highest BCUT2D eigenvalue weighted by atomic mass is 127. The first-order valence-corrected chi connectivity index (χ1v) is 9.60. The van der Waals surface area contributed by atoms with Crippen LogP contribution in [0, 0.1) is 13.8 Å². The third-order valence-electron chi connectivity index (χ3n) is 4.34. The van der Waals surface area contributed by atoms with Crippen LogP contribution in [0.5, 0.6) is 0 Å². The molecule has 0 aliphatic carbocycles. The molecule has 1 aromatic carbocycles. The highest BCUT2D eigenvalue weighted by Crippen LogP contribution is 2.11. The predicted octanol–water partition coefficient (Wildman–Crippen LogP) is 4.06. The molecular weight excluding hydrogens is 499 g/mol. The molecule has 2 aromatic heterocycles. The van der Waals surface area contributed by atoms with Crippen molar-refractivity contribution < 1.29 is 0 Å². The second-order valence-corrected chi connectivity index (χ2v) is 7.03. The molecule has 0 radical (unpaired) electrons. The Kier molecular flexibility index (Phi) is 8.91. The zero-order chi connectivity index (χ0) is 19.9. The lowest BCUT2D eigenvalue weighted by Gasteiger charge is -2.12. The number of halogens is 2. The maximum absolute atomic E-state index is 5.92. The van der Waals surface area contributed by atoms with E-state index < -0.39 is 0 Å². The van der Waals surface area contributed by atoms with E-state index in [1.54, 1.807) is 7.05 Å². The van der Waals surface area contributed by atoms with Gasteiger partial charge in [-0.05, 0) is 55.7 Å². The standard InChI is InChI=1S/C21H25ClN6.HI/c1-15-12-16(2)28(27-15)20-9-6-18(13-25-20)14-26-21(23-3)24-11-10-17-4-7-19(22)8-5-17;/h4-9,12-13H,10-11,14H2,1-3H3,(H2,23,24,26);1H. The van der Waals surface area contributed by atoms with Gasteiger partial charge in [0.15, 0.2) is 11.8 Å². The lowest BCUT2D eigenvalue weighted by atomic mass is 10.1. The largest absolute Gasteiger partial charge is 0.356 e. The number of nitrogens with zero attached hydrogens (tertiary/aromatic N) is 4. The summed E-state index contributed by atoms with van der Waals surface area (Å²) in [5.41, 5.74) is 4.36. The normalized spacial score (nSPS) is 11.1. The Morgan fingerprint density at radius 3 is 2.38 bits per heavy atom. The van der Waals surface area contributed by atoms with Crippen LogP contribution in [0.3, 0.4) is 0 Å². The number of hydrogen-bond donors (Lipinski definition) is 2. The van der Waals surface area contributed by atoms with Crippen LogP contribution in [0.25, 0.3) is 5.82 Å². The lowest BCUT2D eigenvalue weighted by Crippen LogP contribution is -2.37. The average molecular weight is 525 g/mol. The van der Waals surface area contributed by atoms with Crippen molar-refractivity contribution in [1.82, 2.24) is 25.4 Å². The molecule has 0 saturated heterocycles. The van der Waals surface area contributed by atoms with E-state index in [0.29, 0.717) is 6.54 Å². The van der Waals surface area contributed by atoms with Gasteiger partial charge in [0.25, 0.3) is 0 Å². The Morgan fingerprint density at radius 1 is 1.07 bits per heavy atom. The van der Waals surface area contributed by atoms with Crippen LogP contribution < -0.4 is 10.6 Å². The van der Waals surface area contributed by atoms with Crippen LogP contribution >= 0.6 is 35.6 Å². The third-order valence-corrected chi connectivity index (χ3v) is 4.59. The first-order valence-electron chi connectivity index (χ1n) is 9.22. The molecule has 0 saturated carbocycles. The Bertz CT molecular complexity index is 935. The summed E-state index contributed by atoms with van der Waals surface area (Å²) in [6.07, 6.45) is 2.76. The second-order valence-electron chi connectivity index (χ2n) is 6.59. The van der Waals surface area contributed by atoms with Gasteiger partial charge in [-0.25, -0.2) is 9.67 Å². The Balaban J connectivity index is 0.00000300. The van der Waals surface area contributed by atoms with Gasteiger partial charge in [-0.15, -0.1) is 24.0 Å². The van der Waals surface area contributed by atoms with Crippen molar-refractivity contribution in [3.63, 3.8) is 0 Å². The van der Waals surface area contributed by atoms with E-state index in [-0.39, 0.29) is 24.0 Å². The number of nitrogens with one attached hydrogen (secondary N) is 2. The van der Waals surface area contributed by atoms with Crippen molar-refractivity contribution in [2.24, 2.45) is 4.99 Å². The fourth-order valence-electron chi connectivity index (χ4n) is 2.89. The lowest BCUT2D eigenvalue weighted by molar-refractivity contribution is 0.784. The van der Waals surface area contributed by atoms with Gasteiger partial charge in [0.2, 0.25) is 0 Å². The number of pyridine rings is 1. The molecule has 0 bridgehead atoms. The predicted molar refractivity (Wildman–Crippen MR) is 130 cm³/mol. The summed E-state index contributed by atoms with van der Waals surface area (Å²) in [4.78, 5) is 8.79. The molecule has 0 spiro atoms. The highest BCUT2D eigenvalue weighted by Gasteiger charge is 2.05. The van der Waals surface area contributed by atoms with E-state index >= 15 is 0 Å². The van der Waals surface area contributed by atoms with Crippen LogP contribution in [-0.4, -0.2) is 34.3 Å². The summed E-state index contributed by atoms with van der Waals surface area (Å²) < 4.78 is 1.85. The first-order chi connectivity index (χ1) is 13.5. The van der Waals surface area contributed by atoms with Crippen LogP contribution in [0.2, 0.25) is 5.02 Å². The van der Waals surface area contributed by atoms with E-state index in [0.717, 1.165) is 46.7 Å². The van der Waals surface area contributed by atoms with Crippen molar-refractivity contribution in [3.05, 3.63) is 76.2 Å². The molecule has 6 nitrogen and oxygen atoms in total. The minimum absolute atomic E-state index is 0. The smallest absolute Gasteiger partial charge is 0.191 e. The number of rotatable bonds is 6. The third kappa shape index (κ3) is 6.71. The minimum atomic E-state index is 0. The molecule has 0 aliphatic heterocycles. The van der Waals surface area contributed by atoms with Gasteiger partial charge < -0.3 is 10.6 Å². The van der Waals surface area contributed by atoms with Crippen molar-refractivity contribution in [1.29, 1.82) is 0 Å². The fourth-order valence-corrected chi connectivity index (χ4v) is 3.02. The summed E-state index contributed by atoms with van der Waals surface area (Å²) >= 11 is 5.92. The van der Waals surface area contributed by atoms with Crippen LogP contribution in [-0.2, 0) is 13.0 Å². The molecule has 3 rings (SSSR count).